The molecular formula is C13H18N2O3. The van der Waals surface area contributed by atoms with E-state index in [1.165, 1.54) is 6.07 Å². The topological polar surface area (TPSA) is 75.4 Å². The first-order chi connectivity index (χ1) is 8.63. The van der Waals surface area contributed by atoms with Gasteiger partial charge in [-0.3, -0.25) is 10.1 Å². The maximum atomic E-state index is 10.9. The van der Waals surface area contributed by atoms with Crippen molar-refractivity contribution in [3.8, 4) is 0 Å². The second kappa shape index (κ2) is 5.35. The molecule has 18 heavy (non-hydrogen) atoms. The fraction of sp³-hybridized carbons (Fsp3) is 0.538. The Hall–Kier alpha value is -1.62. The van der Waals surface area contributed by atoms with Gasteiger partial charge in [0.15, 0.2) is 0 Å². The first kappa shape index (κ1) is 12.8. The van der Waals surface area contributed by atoms with Crippen molar-refractivity contribution in [2.75, 3.05) is 11.9 Å². The molecule has 1 saturated carbocycles. The molecule has 0 radical (unpaired) electrons. The zero-order chi connectivity index (χ0) is 13.1. The Bertz CT molecular complexity index is 448. The molecule has 0 aliphatic heterocycles. The molecule has 2 unspecified atom stereocenters. The minimum Gasteiger partial charge on any atom is -0.396 e. The van der Waals surface area contributed by atoms with Crippen molar-refractivity contribution in [2.45, 2.75) is 32.2 Å². The number of aliphatic hydroxyl groups excluding tert-OH is 1. The second-order valence-corrected chi connectivity index (χ2v) is 4.83. The van der Waals surface area contributed by atoms with E-state index in [9.17, 15) is 15.2 Å². The summed E-state index contributed by atoms with van der Waals surface area (Å²) in [6, 6.07) is 5.28. The van der Waals surface area contributed by atoms with Crippen LogP contribution in [0.1, 0.15) is 24.8 Å². The molecule has 2 rings (SSSR count). The zero-order valence-electron chi connectivity index (χ0n) is 10.4. The van der Waals surface area contributed by atoms with Crippen molar-refractivity contribution >= 4 is 11.4 Å². The van der Waals surface area contributed by atoms with Crippen LogP contribution >= 0.6 is 0 Å². The lowest BCUT2D eigenvalue weighted by atomic mass is 10.0. The molecule has 2 atom stereocenters. The SMILES string of the molecule is Cc1c(NC2CCCC2CO)cccc1[N+](=O)[O-]. The predicted octanol–water partition coefficient (Wildman–Crippen LogP) is 2.48. The molecular weight excluding hydrogens is 232 g/mol. The van der Waals surface area contributed by atoms with Gasteiger partial charge in [-0.15, -0.1) is 0 Å². The van der Waals surface area contributed by atoms with E-state index in [1.54, 1.807) is 13.0 Å². The fourth-order valence-corrected chi connectivity index (χ4v) is 2.62. The van der Waals surface area contributed by atoms with E-state index < -0.39 is 0 Å². The summed E-state index contributed by atoms with van der Waals surface area (Å²) in [6.07, 6.45) is 3.12. The number of anilines is 1. The average Bonchev–Trinajstić information content (AvgIpc) is 2.78. The zero-order valence-corrected chi connectivity index (χ0v) is 10.4. The van der Waals surface area contributed by atoms with E-state index in [0.717, 1.165) is 24.9 Å². The molecule has 5 nitrogen and oxygen atoms in total. The maximum absolute atomic E-state index is 10.9. The summed E-state index contributed by atoms with van der Waals surface area (Å²) in [6.45, 7) is 1.93. The number of hydrogen-bond acceptors (Lipinski definition) is 4. The first-order valence-electron chi connectivity index (χ1n) is 6.25. The fourth-order valence-electron chi connectivity index (χ4n) is 2.62. The lowest BCUT2D eigenvalue weighted by Gasteiger charge is -2.21. The third kappa shape index (κ3) is 2.46. The van der Waals surface area contributed by atoms with Gasteiger partial charge >= 0.3 is 0 Å². The van der Waals surface area contributed by atoms with Crippen LogP contribution in [-0.4, -0.2) is 22.7 Å². The standard InChI is InChI=1S/C13H18N2O3/c1-9-11(5-3-7-13(9)15(17)18)14-12-6-2-4-10(12)8-16/h3,5,7,10,12,14,16H,2,4,6,8H2,1H3. The van der Waals surface area contributed by atoms with Crippen molar-refractivity contribution < 1.29 is 10.0 Å². The van der Waals surface area contributed by atoms with Gasteiger partial charge in [-0.1, -0.05) is 12.5 Å². The van der Waals surface area contributed by atoms with E-state index in [-0.39, 0.29) is 29.2 Å². The van der Waals surface area contributed by atoms with Gasteiger partial charge in [0.2, 0.25) is 0 Å². The number of rotatable bonds is 4. The minimum atomic E-state index is -0.362. The number of nitrogens with one attached hydrogen (secondary N) is 1. The molecule has 1 aromatic carbocycles. The number of nitro groups is 1. The molecule has 1 fully saturated rings. The van der Waals surface area contributed by atoms with Gasteiger partial charge in [-0.2, -0.15) is 0 Å². The van der Waals surface area contributed by atoms with Gasteiger partial charge in [0.05, 0.1) is 4.92 Å². The smallest absolute Gasteiger partial charge is 0.274 e. The summed E-state index contributed by atoms with van der Waals surface area (Å²) in [5, 5.41) is 23.5. The average molecular weight is 250 g/mol. The molecule has 0 bridgehead atoms. The Labute approximate surface area is 106 Å². The summed E-state index contributed by atoms with van der Waals surface area (Å²) in [4.78, 5) is 10.5. The maximum Gasteiger partial charge on any atom is 0.274 e. The van der Waals surface area contributed by atoms with Crippen LogP contribution in [0.25, 0.3) is 0 Å². The summed E-state index contributed by atoms with van der Waals surface area (Å²) in [5.74, 6) is 0.253. The third-order valence-corrected chi connectivity index (χ3v) is 3.74. The molecule has 98 valence electrons. The molecule has 5 heteroatoms. The van der Waals surface area contributed by atoms with E-state index in [4.69, 9.17) is 0 Å². The molecule has 1 aliphatic carbocycles. The highest BCUT2D eigenvalue weighted by Gasteiger charge is 2.27. The van der Waals surface area contributed by atoms with E-state index in [2.05, 4.69) is 5.32 Å². The molecule has 1 aliphatic rings. The van der Waals surface area contributed by atoms with Crippen LogP contribution in [0.4, 0.5) is 11.4 Å². The number of hydrogen-bond donors (Lipinski definition) is 2. The largest absolute Gasteiger partial charge is 0.396 e. The Morgan fingerprint density at radius 1 is 1.50 bits per heavy atom. The summed E-state index contributed by atoms with van der Waals surface area (Å²) in [7, 11) is 0. The summed E-state index contributed by atoms with van der Waals surface area (Å²) < 4.78 is 0. The van der Waals surface area contributed by atoms with Crippen molar-refractivity contribution in [1.29, 1.82) is 0 Å². The monoisotopic (exact) mass is 250 g/mol. The summed E-state index contributed by atoms with van der Waals surface area (Å²) >= 11 is 0. The van der Waals surface area contributed by atoms with Crippen LogP contribution in [0.15, 0.2) is 18.2 Å². The van der Waals surface area contributed by atoms with Gasteiger partial charge in [0, 0.05) is 35.9 Å². The van der Waals surface area contributed by atoms with E-state index in [0.29, 0.717) is 5.56 Å². The highest BCUT2D eigenvalue weighted by atomic mass is 16.6. The lowest BCUT2D eigenvalue weighted by molar-refractivity contribution is -0.385. The van der Waals surface area contributed by atoms with E-state index in [1.807, 2.05) is 6.07 Å². The summed E-state index contributed by atoms with van der Waals surface area (Å²) in [5.41, 5.74) is 1.60. The van der Waals surface area contributed by atoms with Gasteiger partial charge in [0.25, 0.3) is 5.69 Å². The van der Waals surface area contributed by atoms with Crippen LogP contribution in [0, 0.1) is 23.0 Å². The predicted molar refractivity (Wildman–Crippen MR) is 69.7 cm³/mol. The van der Waals surface area contributed by atoms with Crippen LogP contribution in [0.2, 0.25) is 0 Å². The first-order valence-corrected chi connectivity index (χ1v) is 6.25. The molecule has 0 spiro atoms. The van der Waals surface area contributed by atoms with Crippen LogP contribution < -0.4 is 5.32 Å². The number of aliphatic hydroxyl groups is 1. The number of nitro benzene ring substituents is 1. The third-order valence-electron chi connectivity index (χ3n) is 3.74. The molecule has 1 aromatic rings. The number of nitrogens with zero attached hydrogens (tertiary/aromatic N) is 1. The van der Waals surface area contributed by atoms with Crippen molar-refractivity contribution in [2.24, 2.45) is 5.92 Å². The quantitative estimate of drug-likeness (QED) is 0.636. The van der Waals surface area contributed by atoms with Crippen LogP contribution in [0.5, 0.6) is 0 Å². The van der Waals surface area contributed by atoms with Gasteiger partial charge in [0.1, 0.15) is 0 Å². The van der Waals surface area contributed by atoms with Gasteiger partial charge in [-0.05, 0) is 25.8 Å². The van der Waals surface area contributed by atoms with Crippen molar-refractivity contribution in [3.05, 3.63) is 33.9 Å². The minimum absolute atomic E-state index is 0.138. The van der Waals surface area contributed by atoms with Crippen molar-refractivity contribution in [3.63, 3.8) is 0 Å². The highest BCUT2D eigenvalue weighted by Crippen LogP contribution is 2.31. The lowest BCUT2D eigenvalue weighted by Crippen LogP contribution is -2.26. The molecule has 0 heterocycles. The highest BCUT2D eigenvalue weighted by molar-refractivity contribution is 5.60. The molecule has 0 amide bonds. The van der Waals surface area contributed by atoms with Crippen LogP contribution in [-0.2, 0) is 0 Å². The van der Waals surface area contributed by atoms with Gasteiger partial charge in [-0.25, -0.2) is 0 Å². The van der Waals surface area contributed by atoms with Gasteiger partial charge < -0.3 is 10.4 Å². The Morgan fingerprint density at radius 2 is 2.28 bits per heavy atom. The number of benzene rings is 1. The Balaban J connectivity index is 2.19. The molecule has 0 aromatic heterocycles. The Morgan fingerprint density at radius 3 is 2.94 bits per heavy atom. The normalized spacial score (nSPS) is 23.0. The van der Waals surface area contributed by atoms with Crippen LogP contribution in [0.3, 0.4) is 0 Å². The second-order valence-electron chi connectivity index (χ2n) is 4.83. The Kier molecular flexibility index (Phi) is 3.81. The van der Waals surface area contributed by atoms with Crippen molar-refractivity contribution in [1.82, 2.24) is 0 Å². The van der Waals surface area contributed by atoms with E-state index >= 15 is 0 Å². The molecule has 0 saturated heterocycles. The molecule has 2 N–H and O–H groups in total.